The number of benzene rings is 1. The van der Waals surface area contributed by atoms with E-state index >= 15 is 0 Å². The fraction of sp³-hybridized carbons (Fsp3) is 0.625. The summed E-state index contributed by atoms with van der Waals surface area (Å²) >= 11 is 0. The van der Waals surface area contributed by atoms with E-state index in [9.17, 15) is 14.4 Å². The van der Waals surface area contributed by atoms with Crippen LogP contribution in [0.5, 0.6) is 0 Å². The van der Waals surface area contributed by atoms with Crippen LogP contribution in [0.25, 0.3) is 0 Å². The largest absolute Gasteiger partial charge is 0.350 e. The van der Waals surface area contributed by atoms with Crippen molar-refractivity contribution in [3.63, 3.8) is 0 Å². The number of nitrogens with zero attached hydrogens (tertiary/aromatic N) is 1. The molecule has 0 aromatic heterocycles. The summed E-state index contributed by atoms with van der Waals surface area (Å²) in [5, 5.41) is 5.83. The number of imide groups is 1. The van der Waals surface area contributed by atoms with Gasteiger partial charge in [0.1, 0.15) is 6.04 Å². The Morgan fingerprint density at radius 1 is 1.10 bits per heavy atom. The van der Waals surface area contributed by atoms with Gasteiger partial charge in [0.2, 0.25) is 5.91 Å². The molecule has 4 rings (SSSR count). The van der Waals surface area contributed by atoms with E-state index in [0.717, 1.165) is 44.1 Å². The third kappa shape index (κ3) is 4.52. The summed E-state index contributed by atoms with van der Waals surface area (Å²) in [4.78, 5) is 38.9. The van der Waals surface area contributed by atoms with E-state index in [4.69, 9.17) is 0 Å². The van der Waals surface area contributed by atoms with Crippen LogP contribution in [0.2, 0.25) is 0 Å². The summed E-state index contributed by atoms with van der Waals surface area (Å²) in [6, 6.07) is 5.61. The maximum Gasteiger partial charge on any atom is 0.325 e. The molecular formula is C24H33N3O3. The molecule has 2 N–H and O–H groups in total. The van der Waals surface area contributed by atoms with Gasteiger partial charge in [-0.25, -0.2) is 4.79 Å². The predicted molar refractivity (Wildman–Crippen MR) is 115 cm³/mol. The number of amides is 4. The maximum absolute atomic E-state index is 12.7. The fourth-order valence-corrected chi connectivity index (χ4v) is 5.12. The molecule has 0 radical (unpaired) electrons. The maximum atomic E-state index is 12.7. The minimum atomic E-state index is -0.579. The third-order valence-electron chi connectivity index (χ3n) is 6.90. The van der Waals surface area contributed by atoms with Crippen molar-refractivity contribution in [1.82, 2.24) is 15.5 Å². The molecule has 30 heavy (non-hydrogen) atoms. The Labute approximate surface area is 178 Å². The van der Waals surface area contributed by atoms with Crippen molar-refractivity contribution in [1.29, 1.82) is 0 Å². The molecule has 2 atom stereocenters. The first-order valence-corrected chi connectivity index (χ1v) is 11.6. The first-order valence-electron chi connectivity index (χ1n) is 11.6. The average molecular weight is 412 g/mol. The molecule has 6 heteroatoms. The van der Waals surface area contributed by atoms with Gasteiger partial charge in [-0.1, -0.05) is 37.5 Å². The van der Waals surface area contributed by atoms with Gasteiger partial charge in [-0.2, -0.15) is 0 Å². The van der Waals surface area contributed by atoms with Gasteiger partial charge in [0.15, 0.2) is 0 Å². The van der Waals surface area contributed by atoms with Crippen molar-refractivity contribution in [2.24, 2.45) is 0 Å². The number of hydrogen-bond donors (Lipinski definition) is 2. The van der Waals surface area contributed by atoms with Crippen molar-refractivity contribution in [2.75, 3.05) is 0 Å². The van der Waals surface area contributed by atoms with Gasteiger partial charge in [0.25, 0.3) is 5.91 Å². The van der Waals surface area contributed by atoms with Crippen LogP contribution >= 0.6 is 0 Å². The summed E-state index contributed by atoms with van der Waals surface area (Å²) in [6.45, 7) is 2.00. The summed E-state index contributed by atoms with van der Waals surface area (Å²) in [5.74, 6) is -0.249. The second-order valence-electron chi connectivity index (χ2n) is 9.07. The molecule has 6 nitrogen and oxygen atoms in total. The Balaban J connectivity index is 1.28. The van der Waals surface area contributed by atoms with Crippen molar-refractivity contribution in [2.45, 2.75) is 95.7 Å². The molecule has 1 heterocycles. The number of nitrogens with one attached hydrogen (secondary N) is 2. The number of carbonyl (C=O) groups is 3. The second kappa shape index (κ2) is 9.19. The van der Waals surface area contributed by atoms with Crippen LogP contribution in [0.4, 0.5) is 4.79 Å². The zero-order chi connectivity index (χ0) is 21.1. The lowest BCUT2D eigenvalue weighted by Crippen LogP contribution is -2.42. The molecule has 4 amide bonds. The van der Waals surface area contributed by atoms with Crippen LogP contribution in [0.3, 0.4) is 0 Å². The van der Waals surface area contributed by atoms with Crippen LogP contribution < -0.4 is 10.6 Å². The van der Waals surface area contributed by atoms with Crippen LogP contribution in [0.15, 0.2) is 18.2 Å². The molecule has 3 aliphatic rings. The Morgan fingerprint density at radius 2 is 1.83 bits per heavy atom. The highest BCUT2D eigenvalue weighted by molar-refractivity contribution is 6.04. The van der Waals surface area contributed by atoms with Gasteiger partial charge < -0.3 is 10.6 Å². The van der Waals surface area contributed by atoms with E-state index in [1.165, 1.54) is 35.3 Å². The van der Waals surface area contributed by atoms with Gasteiger partial charge in [0.05, 0.1) is 6.04 Å². The number of fused-ring (bicyclic) bond motifs is 1. The monoisotopic (exact) mass is 411 g/mol. The lowest BCUT2D eigenvalue weighted by atomic mass is 9.89. The minimum Gasteiger partial charge on any atom is -0.350 e. The first-order chi connectivity index (χ1) is 14.5. The van der Waals surface area contributed by atoms with Gasteiger partial charge in [-0.3, -0.25) is 14.5 Å². The highest BCUT2D eigenvalue weighted by Crippen LogP contribution is 2.27. The van der Waals surface area contributed by atoms with Crippen LogP contribution in [-0.2, 0) is 22.4 Å². The van der Waals surface area contributed by atoms with E-state index in [1.807, 2.05) is 6.92 Å². The second-order valence-corrected chi connectivity index (χ2v) is 9.07. The van der Waals surface area contributed by atoms with E-state index in [1.54, 1.807) is 0 Å². The van der Waals surface area contributed by atoms with Crippen LogP contribution in [0, 0.1) is 0 Å². The van der Waals surface area contributed by atoms with E-state index < -0.39 is 6.04 Å². The number of urea groups is 1. The van der Waals surface area contributed by atoms with Crippen molar-refractivity contribution < 1.29 is 14.4 Å². The Hall–Kier alpha value is -2.37. The number of aryl methyl sites for hydroxylation is 2. The molecule has 0 bridgehead atoms. The van der Waals surface area contributed by atoms with Gasteiger partial charge in [-0.05, 0) is 68.6 Å². The SMILES string of the molecule is C[C@@H](NC(=O)CC[C@H]1NC(=O)N(C2CCCCC2)C1=O)c1ccc2c(c1)CCCC2. The van der Waals surface area contributed by atoms with Crippen molar-refractivity contribution in [3.05, 3.63) is 34.9 Å². The summed E-state index contributed by atoms with van der Waals surface area (Å²) in [6.07, 6.45) is 10.4. The topological polar surface area (TPSA) is 78.5 Å². The molecule has 1 aromatic carbocycles. The smallest absolute Gasteiger partial charge is 0.325 e. The van der Waals surface area contributed by atoms with E-state index in [-0.39, 0.29) is 36.3 Å². The van der Waals surface area contributed by atoms with Crippen LogP contribution in [-0.4, -0.2) is 34.8 Å². The van der Waals surface area contributed by atoms with Crippen molar-refractivity contribution in [3.8, 4) is 0 Å². The summed E-state index contributed by atoms with van der Waals surface area (Å²) < 4.78 is 0. The molecule has 0 spiro atoms. The van der Waals surface area contributed by atoms with Gasteiger partial charge >= 0.3 is 6.03 Å². The minimum absolute atomic E-state index is 0.0223. The Bertz CT molecular complexity index is 816. The molecule has 2 aliphatic carbocycles. The molecule has 1 saturated carbocycles. The molecular weight excluding hydrogens is 378 g/mol. The molecule has 1 aromatic rings. The molecule has 162 valence electrons. The fourth-order valence-electron chi connectivity index (χ4n) is 5.12. The molecule has 1 aliphatic heterocycles. The predicted octanol–water partition coefficient (Wildman–Crippen LogP) is 3.78. The summed E-state index contributed by atoms with van der Waals surface area (Å²) in [5.41, 5.74) is 3.96. The molecule has 1 saturated heterocycles. The number of carbonyl (C=O) groups excluding carboxylic acids is 3. The number of rotatable bonds is 6. The zero-order valence-corrected chi connectivity index (χ0v) is 17.9. The Kier molecular flexibility index (Phi) is 6.40. The van der Waals surface area contributed by atoms with Crippen LogP contribution in [0.1, 0.15) is 87.4 Å². The highest BCUT2D eigenvalue weighted by atomic mass is 16.2. The quantitative estimate of drug-likeness (QED) is 0.700. The third-order valence-corrected chi connectivity index (χ3v) is 6.90. The molecule has 2 fully saturated rings. The Morgan fingerprint density at radius 3 is 2.60 bits per heavy atom. The zero-order valence-electron chi connectivity index (χ0n) is 17.9. The highest BCUT2D eigenvalue weighted by Gasteiger charge is 2.42. The average Bonchev–Trinajstić information content (AvgIpc) is 3.05. The van der Waals surface area contributed by atoms with E-state index in [2.05, 4.69) is 28.8 Å². The standard InChI is InChI=1S/C24H33N3O3/c1-16(18-12-11-17-7-5-6-8-19(17)15-18)25-22(28)14-13-21-23(29)27(24(30)26-21)20-9-3-2-4-10-20/h11-12,15-16,20-21H,2-10,13-14H2,1H3,(H,25,28)(H,26,30)/t16-,21-/m1/s1. The van der Waals surface area contributed by atoms with E-state index in [0.29, 0.717) is 6.42 Å². The lowest BCUT2D eigenvalue weighted by Gasteiger charge is -2.28. The summed E-state index contributed by atoms with van der Waals surface area (Å²) in [7, 11) is 0. The van der Waals surface area contributed by atoms with Crippen molar-refractivity contribution >= 4 is 17.8 Å². The number of hydrogen-bond acceptors (Lipinski definition) is 3. The van der Waals surface area contributed by atoms with Gasteiger partial charge in [0, 0.05) is 12.5 Å². The lowest BCUT2D eigenvalue weighted by molar-refractivity contribution is -0.129. The first kappa shape index (κ1) is 20.9. The molecule has 0 unspecified atom stereocenters. The normalized spacial score (nSPS) is 23.1. The van der Waals surface area contributed by atoms with Gasteiger partial charge in [-0.15, -0.1) is 0 Å².